The van der Waals surface area contributed by atoms with Crippen molar-refractivity contribution in [1.82, 2.24) is 5.32 Å². The molecule has 2 aromatic rings. The van der Waals surface area contributed by atoms with Crippen LogP contribution in [-0.2, 0) is 23.9 Å². The highest BCUT2D eigenvalue weighted by Gasteiger charge is 2.30. The number of amides is 1. The van der Waals surface area contributed by atoms with Gasteiger partial charge in [0.15, 0.2) is 0 Å². The first-order chi connectivity index (χ1) is 12.1. The van der Waals surface area contributed by atoms with E-state index in [1.54, 1.807) is 6.92 Å². The molecular formula is C18H18F3NO4. The molecule has 5 nitrogen and oxygen atoms in total. The van der Waals surface area contributed by atoms with Gasteiger partial charge in [-0.3, -0.25) is 4.79 Å². The minimum absolute atomic E-state index is 0.000115. The fourth-order valence-corrected chi connectivity index (χ4v) is 2.51. The molecule has 1 unspecified atom stereocenters. The quantitative estimate of drug-likeness (QED) is 0.812. The van der Waals surface area contributed by atoms with Crippen LogP contribution in [-0.4, -0.2) is 17.0 Å². The van der Waals surface area contributed by atoms with Gasteiger partial charge in [0.2, 0.25) is 5.91 Å². The first-order valence-corrected chi connectivity index (χ1v) is 7.84. The van der Waals surface area contributed by atoms with Crippen LogP contribution in [0.4, 0.5) is 13.2 Å². The van der Waals surface area contributed by atoms with Gasteiger partial charge in [-0.1, -0.05) is 25.1 Å². The highest BCUT2D eigenvalue weighted by molar-refractivity contribution is 5.88. The van der Waals surface area contributed by atoms with Crippen LogP contribution in [0.3, 0.4) is 0 Å². The zero-order valence-corrected chi connectivity index (χ0v) is 14.2. The van der Waals surface area contributed by atoms with E-state index in [1.165, 1.54) is 25.1 Å². The number of carboxylic acids is 1. The SMILES string of the molecule is Cc1oc(CNC(=O)C(C)Cc2cccc(C(F)(F)F)c2)cc1C(=O)O. The number of rotatable bonds is 6. The summed E-state index contributed by atoms with van der Waals surface area (Å²) in [6.45, 7) is 3.11. The lowest BCUT2D eigenvalue weighted by Crippen LogP contribution is -2.29. The van der Waals surface area contributed by atoms with Gasteiger partial charge in [0.25, 0.3) is 0 Å². The Labute approximate surface area is 147 Å². The molecule has 0 aliphatic carbocycles. The van der Waals surface area contributed by atoms with Crippen molar-refractivity contribution in [3.63, 3.8) is 0 Å². The van der Waals surface area contributed by atoms with Crippen LogP contribution in [0.1, 0.15) is 39.9 Å². The van der Waals surface area contributed by atoms with Gasteiger partial charge in [-0.25, -0.2) is 4.79 Å². The molecule has 1 heterocycles. The van der Waals surface area contributed by atoms with E-state index >= 15 is 0 Å². The highest BCUT2D eigenvalue weighted by atomic mass is 19.4. The number of hydrogen-bond donors (Lipinski definition) is 2. The number of aryl methyl sites for hydroxylation is 1. The first-order valence-electron chi connectivity index (χ1n) is 7.84. The Balaban J connectivity index is 1.96. The molecule has 1 aromatic heterocycles. The summed E-state index contributed by atoms with van der Waals surface area (Å²) in [5.74, 6) is -1.53. The van der Waals surface area contributed by atoms with Crippen LogP contribution in [0.25, 0.3) is 0 Å². The van der Waals surface area contributed by atoms with Crippen LogP contribution >= 0.6 is 0 Å². The third-order valence-electron chi connectivity index (χ3n) is 3.88. The average molecular weight is 369 g/mol. The van der Waals surface area contributed by atoms with Crippen LogP contribution in [0.15, 0.2) is 34.7 Å². The number of benzene rings is 1. The molecule has 0 aliphatic heterocycles. The van der Waals surface area contributed by atoms with Gasteiger partial charge in [0.05, 0.1) is 12.1 Å². The molecule has 0 spiro atoms. The summed E-state index contributed by atoms with van der Waals surface area (Å²) in [6.07, 6.45) is -4.28. The molecule has 2 N–H and O–H groups in total. The monoisotopic (exact) mass is 369 g/mol. The Bertz CT molecular complexity index is 811. The molecule has 2 rings (SSSR count). The molecule has 8 heteroatoms. The topological polar surface area (TPSA) is 79.5 Å². The van der Waals surface area contributed by atoms with E-state index in [9.17, 15) is 22.8 Å². The van der Waals surface area contributed by atoms with E-state index in [0.29, 0.717) is 11.3 Å². The molecule has 1 amide bonds. The number of aromatic carboxylic acids is 1. The molecule has 0 fully saturated rings. The number of alkyl halides is 3. The summed E-state index contributed by atoms with van der Waals surface area (Å²) >= 11 is 0. The number of carbonyl (C=O) groups excluding carboxylic acids is 1. The van der Waals surface area contributed by atoms with Crippen molar-refractivity contribution in [2.75, 3.05) is 0 Å². The minimum Gasteiger partial charge on any atom is -0.478 e. The maximum absolute atomic E-state index is 12.7. The summed E-state index contributed by atoms with van der Waals surface area (Å²) < 4.78 is 43.5. The van der Waals surface area contributed by atoms with E-state index in [1.807, 2.05) is 0 Å². The smallest absolute Gasteiger partial charge is 0.416 e. The molecule has 0 saturated carbocycles. The Morgan fingerprint density at radius 3 is 2.54 bits per heavy atom. The molecule has 140 valence electrons. The predicted octanol–water partition coefficient (Wildman–Crippen LogP) is 3.80. The number of nitrogens with one attached hydrogen (secondary N) is 1. The Kier molecular flexibility index (Phi) is 5.74. The van der Waals surface area contributed by atoms with Gasteiger partial charge in [0, 0.05) is 5.92 Å². The molecule has 0 aliphatic rings. The standard InChI is InChI=1S/C18H18F3NO4/c1-10(6-12-4-3-5-13(7-12)18(19,20)21)16(23)22-9-14-8-15(17(24)25)11(2)26-14/h3-5,7-8,10H,6,9H2,1-2H3,(H,22,23)(H,24,25). The minimum atomic E-state index is -4.43. The fraction of sp³-hybridized carbons (Fsp3) is 0.333. The second-order valence-corrected chi connectivity index (χ2v) is 6.01. The zero-order valence-electron chi connectivity index (χ0n) is 14.2. The van der Waals surface area contributed by atoms with E-state index < -0.39 is 23.6 Å². The Hall–Kier alpha value is -2.77. The van der Waals surface area contributed by atoms with Crippen LogP contribution < -0.4 is 5.32 Å². The van der Waals surface area contributed by atoms with Crippen molar-refractivity contribution >= 4 is 11.9 Å². The maximum Gasteiger partial charge on any atom is 0.416 e. The lowest BCUT2D eigenvalue weighted by atomic mass is 9.98. The molecule has 0 radical (unpaired) electrons. The van der Waals surface area contributed by atoms with Crippen LogP contribution in [0.2, 0.25) is 0 Å². The van der Waals surface area contributed by atoms with Gasteiger partial charge in [-0.2, -0.15) is 13.2 Å². The Morgan fingerprint density at radius 2 is 1.96 bits per heavy atom. The molecule has 0 bridgehead atoms. The highest BCUT2D eigenvalue weighted by Crippen LogP contribution is 2.30. The molecular weight excluding hydrogens is 351 g/mol. The largest absolute Gasteiger partial charge is 0.478 e. The summed E-state index contributed by atoms with van der Waals surface area (Å²) in [6, 6.07) is 6.18. The third kappa shape index (κ3) is 4.87. The normalized spacial score (nSPS) is 12.7. The van der Waals surface area contributed by atoms with Crippen LogP contribution in [0.5, 0.6) is 0 Å². The lowest BCUT2D eigenvalue weighted by molar-refractivity contribution is -0.137. The van der Waals surface area contributed by atoms with Gasteiger partial charge < -0.3 is 14.8 Å². The van der Waals surface area contributed by atoms with E-state index in [2.05, 4.69) is 5.32 Å². The van der Waals surface area contributed by atoms with Gasteiger partial charge in [-0.15, -0.1) is 0 Å². The van der Waals surface area contributed by atoms with Gasteiger partial charge in [0.1, 0.15) is 17.1 Å². The average Bonchev–Trinajstić information content (AvgIpc) is 2.93. The van der Waals surface area contributed by atoms with Crippen molar-refractivity contribution in [3.05, 3.63) is 58.5 Å². The molecule has 0 saturated heterocycles. The zero-order chi connectivity index (χ0) is 19.5. The van der Waals surface area contributed by atoms with Gasteiger partial charge in [-0.05, 0) is 31.0 Å². The number of hydrogen-bond acceptors (Lipinski definition) is 3. The summed E-state index contributed by atoms with van der Waals surface area (Å²) in [5, 5.41) is 11.6. The summed E-state index contributed by atoms with van der Waals surface area (Å²) in [4.78, 5) is 23.1. The predicted molar refractivity (Wildman–Crippen MR) is 86.6 cm³/mol. The van der Waals surface area contributed by atoms with E-state index in [-0.39, 0.29) is 30.2 Å². The number of carboxylic acid groups (broad SMARTS) is 1. The number of halogens is 3. The van der Waals surface area contributed by atoms with Crippen molar-refractivity contribution < 1.29 is 32.3 Å². The third-order valence-corrected chi connectivity index (χ3v) is 3.88. The van der Waals surface area contributed by atoms with E-state index in [0.717, 1.165) is 12.1 Å². The Morgan fingerprint density at radius 1 is 1.27 bits per heavy atom. The second kappa shape index (κ2) is 7.63. The molecule has 26 heavy (non-hydrogen) atoms. The van der Waals surface area contributed by atoms with Crippen molar-refractivity contribution in [3.8, 4) is 0 Å². The maximum atomic E-state index is 12.7. The van der Waals surface area contributed by atoms with Gasteiger partial charge >= 0.3 is 12.1 Å². The van der Waals surface area contributed by atoms with E-state index in [4.69, 9.17) is 9.52 Å². The fourth-order valence-electron chi connectivity index (χ4n) is 2.51. The summed E-state index contributed by atoms with van der Waals surface area (Å²) in [5.41, 5.74) is -0.328. The second-order valence-electron chi connectivity index (χ2n) is 6.01. The number of carbonyl (C=O) groups is 2. The summed E-state index contributed by atoms with van der Waals surface area (Å²) in [7, 11) is 0. The van der Waals surface area contributed by atoms with Crippen LogP contribution in [0, 0.1) is 12.8 Å². The van der Waals surface area contributed by atoms with Crippen molar-refractivity contribution in [2.45, 2.75) is 33.0 Å². The number of furan rings is 1. The lowest BCUT2D eigenvalue weighted by Gasteiger charge is -2.13. The van der Waals surface area contributed by atoms with Crippen molar-refractivity contribution in [1.29, 1.82) is 0 Å². The molecule has 1 atom stereocenters. The molecule has 1 aromatic carbocycles. The van der Waals surface area contributed by atoms with Crippen molar-refractivity contribution in [2.24, 2.45) is 5.92 Å². The first kappa shape index (κ1) is 19.6.